The van der Waals surface area contributed by atoms with Gasteiger partial charge in [0.25, 0.3) is 0 Å². The second-order valence-electron chi connectivity index (χ2n) is 4.68. The van der Waals surface area contributed by atoms with Gasteiger partial charge in [0, 0.05) is 11.1 Å². The molecule has 6 nitrogen and oxygen atoms in total. The molecular formula is C17H10ClN3O3. The highest BCUT2D eigenvalue weighted by atomic mass is 35.5. The zero-order valence-electron chi connectivity index (χ0n) is 12.3. The molecule has 0 amide bonds. The highest BCUT2D eigenvalue weighted by Crippen LogP contribution is 2.29. The number of allylic oxidation sites excluding steroid dienone is 1. The van der Waals surface area contributed by atoms with Crippen LogP contribution in [-0.2, 0) is 6.61 Å². The van der Waals surface area contributed by atoms with Crippen molar-refractivity contribution in [3.8, 4) is 17.9 Å². The summed E-state index contributed by atoms with van der Waals surface area (Å²) in [5, 5.41) is 29.3. The van der Waals surface area contributed by atoms with Crippen LogP contribution in [-0.4, -0.2) is 4.92 Å². The first-order valence-electron chi connectivity index (χ1n) is 6.71. The van der Waals surface area contributed by atoms with E-state index < -0.39 is 4.92 Å². The van der Waals surface area contributed by atoms with Crippen molar-refractivity contribution < 1.29 is 9.66 Å². The van der Waals surface area contributed by atoms with Crippen molar-refractivity contribution in [1.29, 1.82) is 10.5 Å². The number of nitro benzene ring substituents is 1. The number of halogens is 1. The summed E-state index contributed by atoms with van der Waals surface area (Å²) >= 11 is 5.80. The van der Waals surface area contributed by atoms with Crippen molar-refractivity contribution in [3.63, 3.8) is 0 Å². The Morgan fingerprint density at radius 3 is 2.46 bits per heavy atom. The highest BCUT2D eigenvalue weighted by molar-refractivity contribution is 6.30. The molecule has 2 aromatic rings. The van der Waals surface area contributed by atoms with E-state index in [-0.39, 0.29) is 23.6 Å². The number of nitrogens with zero attached hydrogens (tertiary/aromatic N) is 3. The molecule has 0 aliphatic heterocycles. The van der Waals surface area contributed by atoms with Gasteiger partial charge in [0.05, 0.1) is 4.92 Å². The number of hydrogen-bond acceptors (Lipinski definition) is 5. The van der Waals surface area contributed by atoms with E-state index in [1.54, 1.807) is 42.5 Å². The minimum absolute atomic E-state index is 0.0996. The lowest BCUT2D eigenvalue weighted by atomic mass is 10.1. The minimum Gasteiger partial charge on any atom is -0.482 e. The molecule has 0 aromatic heterocycles. The number of benzene rings is 2. The molecule has 0 spiro atoms. The quantitative estimate of drug-likeness (QED) is 0.460. The summed E-state index contributed by atoms with van der Waals surface area (Å²) in [6.07, 6.45) is 1.27. The number of rotatable bonds is 5. The third kappa shape index (κ3) is 4.33. The second-order valence-corrected chi connectivity index (χ2v) is 5.12. The highest BCUT2D eigenvalue weighted by Gasteiger charge is 2.16. The van der Waals surface area contributed by atoms with Gasteiger partial charge in [-0.1, -0.05) is 29.8 Å². The Labute approximate surface area is 142 Å². The fraction of sp³-hybridized carbons (Fsp3) is 0.0588. The van der Waals surface area contributed by atoms with Crippen molar-refractivity contribution in [3.05, 3.63) is 74.3 Å². The van der Waals surface area contributed by atoms with E-state index in [1.165, 1.54) is 18.2 Å². The van der Waals surface area contributed by atoms with Gasteiger partial charge in [-0.3, -0.25) is 10.1 Å². The Bertz CT molecular complexity index is 861. The largest absolute Gasteiger partial charge is 0.482 e. The van der Waals surface area contributed by atoms with Crippen molar-refractivity contribution in [2.24, 2.45) is 0 Å². The normalized spacial score (nSPS) is 9.46. The zero-order chi connectivity index (χ0) is 17.5. The van der Waals surface area contributed by atoms with E-state index in [0.717, 1.165) is 5.56 Å². The first kappa shape index (κ1) is 17.0. The molecule has 118 valence electrons. The van der Waals surface area contributed by atoms with Crippen LogP contribution < -0.4 is 4.74 Å². The van der Waals surface area contributed by atoms with Crippen molar-refractivity contribution in [1.82, 2.24) is 0 Å². The SMILES string of the molecule is N#CC(C#N)=Cc1ccc(OCc2ccc(Cl)cc2)c([N+](=O)[O-])c1. The smallest absolute Gasteiger partial charge is 0.311 e. The molecule has 2 aromatic carbocycles. The maximum Gasteiger partial charge on any atom is 0.311 e. The standard InChI is InChI=1S/C17H10ClN3O3/c18-15-4-1-12(2-5-15)11-24-17-6-3-13(7-14(9-19)10-20)8-16(17)21(22)23/h1-8H,11H2. The summed E-state index contributed by atoms with van der Waals surface area (Å²) in [4.78, 5) is 10.6. The Balaban J connectivity index is 2.25. The molecule has 0 N–H and O–H groups in total. The van der Waals surface area contributed by atoms with Gasteiger partial charge in [0.1, 0.15) is 24.3 Å². The summed E-state index contributed by atoms with van der Waals surface area (Å²) in [5.74, 6) is 0.0996. The molecule has 0 radical (unpaired) electrons. The molecule has 2 rings (SSSR count). The van der Waals surface area contributed by atoms with Crippen LogP contribution in [0.1, 0.15) is 11.1 Å². The Hall–Kier alpha value is -3.35. The van der Waals surface area contributed by atoms with Crippen LogP contribution >= 0.6 is 11.6 Å². The first-order chi connectivity index (χ1) is 11.5. The molecule has 0 saturated heterocycles. The average Bonchev–Trinajstić information content (AvgIpc) is 2.59. The maximum atomic E-state index is 11.2. The van der Waals surface area contributed by atoms with E-state index in [9.17, 15) is 10.1 Å². The third-order valence-corrected chi connectivity index (χ3v) is 3.29. The molecule has 0 unspecified atom stereocenters. The average molecular weight is 340 g/mol. The van der Waals surface area contributed by atoms with Crippen LogP contribution in [0.4, 0.5) is 5.69 Å². The van der Waals surface area contributed by atoms with Crippen molar-refractivity contribution in [2.75, 3.05) is 0 Å². The monoisotopic (exact) mass is 339 g/mol. The molecule has 0 saturated carbocycles. The lowest BCUT2D eigenvalue weighted by Crippen LogP contribution is -1.99. The van der Waals surface area contributed by atoms with Crippen molar-refractivity contribution in [2.45, 2.75) is 6.61 Å². The number of nitro groups is 1. The van der Waals surface area contributed by atoms with Gasteiger partial charge in [-0.05, 0) is 35.4 Å². The van der Waals surface area contributed by atoms with Gasteiger partial charge in [-0.25, -0.2) is 0 Å². The molecule has 0 atom stereocenters. The summed E-state index contributed by atoms with van der Waals surface area (Å²) < 4.78 is 5.50. The molecular weight excluding hydrogens is 330 g/mol. The van der Waals surface area contributed by atoms with Gasteiger partial charge >= 0.3 is 5.69 Å². The fourth-order valence-electron chi connectivity index (χ4n) is 1.89. The van der Waals surface area contributed by atoms with E-state index >= 15 is 0 Å². The van der Waals surface area contributed by atoms with Gasteiger partial charge in [0.2, 0.25) is 0 Å². The Morgan fingerprint density at radius 2 is 1.88 bits per heavy atom. The Morgan fingerprint density at radius 1 is 1.21 bits per heavy atom. The second kappa shape index (κ2) is 7.77. The number of hydrogen-bond donors (Lipinski definition) is 0. The molecule has 0 aliphatic carbocycles. The topological polar surface area (TPSA) is 100.0 Å². The van der Waals surface area contributed by atoms with Gasteiger partial charge in [-0.2, -0.15) is 10.5 Å². The van der Waals surface area contributed by atoms with Crippen LogP contribution in [0.5, 0.6) is 5.75 Å². The maximum absolute atomic E-state index is 11.2. The van der Waals surface area contributed by atoms with Crippen LogP contribution in [0, 0.1) is 32.8 Å². The van der Waals surface area contributed by atoms with Crippen LogP contribution in [0.3, 0.4) is 0 Å². The molecule has 24 heavy (non-hydrogen) atoms. The summed E-state index contributed by atoms with van der Waals surface area (Å²) in [5.41, 5.74) is 0.805. The molecule has 0 bridgehead atoms. The third-order valence-electron chi connectivity index (χ3n) is 3.04. The van der Waals surface area contributed by atoms with Gasteiger partial charge in [0.15, 0.2) is 5.75 Å². The van der Waals surface area contributed by atoms with Gasteiger partial charge in [-0.15, -0.1) is 0 Å². The summed E-state index contributed by atoms with van der Waals surface area (Å²) in [6, 6.07) is 14.6. The Kier molecular flexibility index (Phi) is 5.51. The fourth-order valence-corrected chi connectivity index (χ4v) is 2.01. The van der Waals surface area contributed by atoms with Crippen LogP contribution in [0.25, 0.3) is 6.08 Å². The molecule has 0 heterocycles. The lowest BCUT2D eigenvalue weighted by molar-refractivity contribution is -0.386. The van der Waals surface area contributed by atoms with E-state index in [1.807, 2.05) is 0 Å². The van der Waals surface area contributed by atoms with E-state index in [2.05, 4.69) is 0 Å². The van der Waals surface area contributed by atoms with E-state index in [4.69, 9.17) is 26.9 Å². The number of ether oxygens (including phenoxy) is 1. The lowest BCUT2D eigenvalue weighted by Gasteiger charge is -2.07. The zero-order valence-corrected chi connectivity index (χ0v) is 13.0. The molecule has 0 fully saturated rings. The molecule has 0 aliphatic rings. The first-order valence-corrected chi connectivity index (χ1v) is 7.09. The predicted octanol–water partition coefficient (Wildman–Crippen LogP) is 4.26. The summed E-state index contributed by atoms with van der Waals surface area (Å²) in [6.45, 7) is 0.148. The minimum atomic E-state index is -0.576. The van der Waals surface area contributed by atoms with Crippen LogP contribution in [0.2, 0.25) is 5.02 Å². The number of nitriles is 2. The predicted molar refractivity (Wildman–Crippen MR) is 88.1 cm³/mol. The molecule has 7 heteroatoms. The van der Waals surface area contributed by atoms with Crippen LogP contribution in [0.15, 0.2) is 48.0 Å². The summed E-state index contributed by atoms with van der Waals surface area (Å²) in [7, 11) is 0. The van der Waals surface area contributed by atoms with Gasteiger partial charge < -0.3 is 4.74 Å². The van der Waals surface area contributed by atoms with E-state index in [0.29, 0.717) is 10.6 Å². The van der Waals surface area contributed by atoms with Crippen molar-refractivity contribution >= 4 is 23.4 Å².